The summed E-state index contributed by atoms with van der Waals surface area (Å²) in [4.78, 5) is 13.4. The number of esters is 1. The number of rotatable bonds is 18. The summed E-state index contributed by atoms with van der Waals surface area (Å²) >= 11 is 0. The molecule has 0 amide bonds. The fourth-order valence-corrected chi connectivity index (χ4v) is 5.61. The molecule has 0 bridgehead atoms. The first kappa shape index (κ1) is 29.5. The largest absolute Gasteiger partial charge is 0.463 e. The Balaban J connectivity index is 4.71. The average molecular weight is 425 g/mol. The van der Waals surface area contributed by atoms with E-state index in [9.17, 15) is 4.79 Å². The molecule has 0 saturated heterocycles. The number of unbranched alkanes of at least 4 members (excludes halogenated alkanes) is 10. The number of carbonyl (C=O) groups is 1. The smallest absolute Gasteiger partial charge is 0.313 e. The van der Waals surface area contributed by atoms with Gasteiger partial charge >= 0.3 is 5.97 Å². The van der Waals surface area contributed by atoms with Crippen molar-refractivity contribution < 1.29 is 9.53 Å². The number of hydrogen-bond acceptors (Lipinski definition) is 2. The van der Waals surface area contributed by atoms with E-state index >= 15 is 0 Å². The van der Waals surface area contributed by atoms with E-state index in [2.05, 4.69) is 48.5 Å². The Morgan fingerprint density at radius 1 is 0.667 bits per heavy atom. The molecule has 0 aromatic carbocycles. The minimum Gasteiger partial charge on any atom is -0.463 e. The van der Waals surface area contributed by atoms with Gasteiger partial charge < -0.3 is 4.74 Å². The second kappa shape index (κ2) is 16.2. The van der Waals surface area contributed by atoms with E-state index in [1.807, 2.05) is 13.8 Å². The Hall–Kier alpha value is -0.530. The monoisotopic (exact) mass is 424 g/mol. The fraction of sp³-hybridized carbons (Fsp3) is 0.964. The highest BCUT2D eigenvalue weighted by molar-refractivity contribution is 5.78. The molecule has 180 valence electrons. The van der Waals surface area contributed by atoms with Crippen molar-refractivity contribution in [3.63, 3.8) is 0 Å². The number of carbonyl (C=O) groups excluding carboxylic acids is 1. The Labute approximate surface area is 190 Å². The molecule has 0 aliphatic heterocycles. The van der Waals surface area contributed by atoms with Gasteiger partial charge in [0.15, 0.2) is 0 Å². The van der Waals surface area contributed by atoms with Gasteiger partial charge in [0.1, 0.15) is 0 Å². The van der Waals surface area contributed by atoms with Gasteiger partial charge in [0.25, 0.3) is 0 Å². The topological polar surface area (TPSA) is 26.3 Å². The molecule has 0 N–H and O–H groups in total. The van der Waals surface area contributed by atoms with Gasteiger partial charge in [-0.3, -0.25) is 4.79 Å². The third-order valence-corrected chi connectivity index (χ3v) is 7.14. The normalized spacial score (nSPS) is 13.6. The number of hydrogen-bond donors (Lipinski definition) is 0. The van der Waals surface area contributed by atoms with Crippen LogP contribution in [-0.2, 0) is 9.53 Å². The summed E-state index contributed by atoms with van der Waals surface area (Å²) in [5.74, 6) is 1.46. The molecule has 0 fully saturated rings. The van der Waals surface area contributed by atoms with Crippen LogP contribution in [0, 0.1) is 29.1 Å². The van der Waals surface area contributed by atoms with Gasteiger partial charge in [-0.2, -0.15) is 0 Å². The van der Waals surface area contributed by atoms with Gasteiger partial charge in [-0.1, -0.05) is 119 Å². The standard InChI is InChI=1S/C28H56O2/c1-10-11-12-13-14-15-16-17-18-19-20-21-26(22(2)3)28(23(4)5,24(6)7)27(29)30-25(8)9/h22-26H,10-21H2,1-9H3. The minimum absolute atomic E-state index is 0.0317. The lowest BCUT2D eigenvalue weighted by molar-refractivity contribution is -0.175. The van der Waals surface area contributed by atoms with E-state index in [4.69, 9.17) is 4.74 Å². The molecule has 0 spiro atoms. The molecule has 0 aliphatic rings. The Bertz CT molecular complexity index is 414. The average Bonchev–Trinajstić information content (AvgIpc) is 2.63. The van der Waals surface area contributed by atoms with Crippen LogP contribution in [0.2, 0.25) is 0 Å². The molecule has 30 heavy (non-hydrogen) atoms. The molecule has 2 nitrogen and oxygen atoms in total. The van der Waals surface area contributed by atoms with Crippen LogP contribution < -0.4 is 0 Å². The van der Waals surface area contributed by atoms with E-state index in [0.717, 1.165) is 6.42 Å². The molecule has 0 radical (unpaired) electrons. The maximum absolute atomic E-state index is 13.4. The molecule has 0 aromatic heterocycles. The maximum atomic E-state index is 13.4. The van der Waals surface area contributed by atoms with Crippen molar-refractivity contribution in [2.24, 2.45) is 29.1 Å². The van der Waals surface area contributed by atoms with Gasteiger partial charge in [-0.05, 0) is 43.9 Å². The van der Waals surface area contributed by atoms with Crippen molar-refractivity contribution in [2.75, 3.05) is 0 Å². The Kier molecular flexibility index (Phi) is 15.9. The van der Waals surface area contributed by atoms with Gasteiger partial charge in [0.2, 0.25) is 0 Å². The molecular weight excluding hydrogens is 368 g/mol. The minimum atomic E-state index is -0.392. The summed E-state index contributed by atoms with van der Waals surface area (Å²) in [7, 11) is 0. The molecule has 0 rings (SSSR count). The van der Waals surface area contributed by atoms with Crippen molar-refractivity contribution in [1.82, 2.24) is 0 Å². The predicted octanol–water partition coefficient (Wildman–Crippen LogP) is 9.21. The highest BCUT2D eigenvalue weighted by Crippen LogP contribution is 2.49. The Morgan fingerprint density at radius 3 is 1.40 bits per heavy atom. The molecule has 0 aromatic rings. The summed E-state index contributed by atoms with van der Waals surface area (Å²) in [6.45, 7) is 19.7. The molecule has 1 unspecified atom stereocenters. The summed E-state index contributed by atoms with van der Waals surface area (Å²) in [6.07, 6.45) is 16.1. The van der Waals surface area contributed by atoms with Crippen LogP contribution >= 0.6 is 0 Å². The maximum Gasteiger partial charge on any atom is 0.313 e. The second-order valence-corrected chi connectivity index (χ2v) is 10.9. The van der Waals surface area contributed by atoms with Crippen LogP contribution in [0.15, 0.2) is 0 Å². The lowest BCUT2D eigenvalue weighted by Gasteiger charge is -2.47. The summed E-state index contributed by atoms with van der Waals surface area (Å²) in [6, 6.07) is 0. The van der Waals surface area contributed by atoms with Crippen LogP contribution in [-0.4, -0.2) is 12.1 Å². The van der Waals surface area contributed by atoms with Crippen molar-refractivity contribution in [3.8, 4) is 0 Å². The van der Waals surface area contributed by atoms with E-state index in [1.54, 1.807) is 0 Å². The molecule has 2 heteroatoms. The van der Waals surface area contributed by atoms with E-state index < -0.39 is 5.41 Å². The van der Waals surface area contributed by atoms with Gasteiger partial charge in [0.05, 0.1) is 11.5 Å². The molecule has 1 atom stereocenters. The summed E-state index contributed by atoms with van der Waals surface area (Å²) in [5, 5.41) is 0. The van der Waals surface area contributed by atoms with Crippen molar-refractivity contribution in [1.29, 1.82) is 0 Å². The first-order chi connectivity index (χ1) is 14.1. The lowest BCUT2D eigenvalue weighted by Crippen LogP contribution is -2.50. The van der Waals surface area contributed by atoms with Gasteiger partial charge in [-0.25, -0.2) is 0 Å². The summed E-state index contributed by atoms with van der Waals surface area (Å²) < 4.78 is 5.84. The zero-order valence-electron chi connectivity index (χ0n) is 22.2. The third kappa shape index (κ3) is 9.73. The quantitative estimate of drug-likeness (QED) is 0.162. The molecular formula is C28H56O2. The number of ether oxygens (including phenoxy) is 1. The van der Waals surface area contributed by atoms with Crippen LogP contribution in [0.1, 0.15) is 139 Å². The van der Waals surface area contributed by atoms with E-state index in [1.165, 1.54) is 70.6 Å². The van der Waals surface area contributed by atoms with Crippen LogP contribution in [0.3, 0.4) is 0 Å². The fourth-order valence-electron chi connectivity index (χ4n) is 5.61. The second-order valence-electron chi connectivity index (χ2n) is 10.9. The highest BCUT2D eigenvalue weighted by Gasteiger charge is 2.52. The zero-order valence-corrected chi connectivity index (χ0v) is 22.2. The van der Waals surface area contributed by atoms with Crippen LogP contribution in [0.4, 0.5) is 0 Å². The Morgan fingerprint density at radius 2 is 1.07 bits per heavy atom. The molecule has 0 aliphatic carbocycles. The van der Waals surface area contributed by atoms with Crippen LogP contribution in [0.5, 0.6) is 0 Å². The van der Waals surface area contributed by atoms with Crippen molar-refractivity contribution in [3.05, 3.63) is 0 Å². The third-order valence-electron chi connectivity index (χ3n) is 7.14. The molecule has 0 heterocycles. The lowest BCUT2D eigenvalue weighted by atomic mass is 9.57. The van der Waals surface area contributed by atoms with Gasteiger partial charge in [-0.15, -0.1) is 0 Å². The van der Waals surface area contributed by atoms with Crippen LogP contribution in [0.25, 0.3) is 0 Å². The predicted molar refractivity (Wildman–Crippen MR) is 133 cm³/mol. The SMILES string of the molecule is CCCCCCCCCCCCCC(C(C)C)C(C(=O)OC(C)C)(C(C)C)C(C)C. The summed E-state index contributed by atoms with van der Waals surface area (Å²) in [5.41, 5.74) is -0.392. The van der Waals surface area contributed by atoms with Crippen molar-refractivity contribution in [2.45, 2.75) is 145 Å². The first-order valence-corrected chi connectivity index (χ1v) is 13.3. The van der Waals surface area contributed by atoms with Gasteiger partial charge in [0, 0.05) is 0 Å². The highest BCUT2D eigenvalue weighted by atomic mass is 16.5. The van der Waals surface area contributed by atoms with E-state index in [-0.39, 0.29) is 23.9 Å². The van der Waals surface area contributed by atoms with E-state index in [0.29, 0.717) is 11.8 Å². The molecule has 0 saturated carbocycles. The zero-order chi connectivity index (χ0) is 23.2. The van der Waals surface area contributed by atoms with Crippen molar-refractivity contribution >= 4 is 5.97 Å². The first-order valence-electron chi connectivity index (χ1n) is 13.3.